The summed E-state index contributed by atoms with van der Waals surface area (Å²) in [5, 5.41) is 8.99. The number of nitrogens with zero attached hydrogens (tertiary/aromatic N) is 1. The highest BCUT2D eigenvalue weighted by molar-refractivity contribution is 5.95. The van der Waals surface area contributed by atoms with Gasteiger partial charge in [0.25, 0.3) is 5.91 Å². The molecule has 1 amide bonds. The number of rotatable bonds is 1. The molecule has 0 radical (unpaired) electrons. The van der Waals surface area contributed by atoms with E-state index in [0.29, 0.717) is 6.42 Å². The first-order chi connectivity index (χ1) is 7.15. The van der Waals surface area contributed by atoms with Gasteiger partial charge < -0.3 is 10.0 Å². The van der Waals surface area contributed by atoms with E-state index in [2.05, 4.69) is 11.8 Å². The van der Waals surface area contributed by atoms with Gasteiger partial charge >= 0.3 is 5.97 Å². The summed E-state index contributed by atoms with van der Waals surface area (Å²) in [5.74, 6) is 3.68. The SMILES string of the molecule is CC#CC(=O)N1C2CCC1C(C(=O)O)C2. The highest BCUT2D eigenvalue weighted by atomic mass is 16.4. The van der Waals surface area contributed by atoms with Gasteiger partial charge in [0.15, 0.2) is 0 Å². The molecular formula is C11H13NO3. The number of amides is 1. The number of hydrogen-bond donors (Lipinski definition) is 1. The highest BCUT2D eigenvalue weighted by Crippen LogP contribution is 2.41. The Morgan fingerprint density at radius 3 is 2.67 bits per heavy atom. The molecule has 1 N–H and O–H groups in total. The maximum absolute atomic E-state index is 11.6. The first-order valence-corrected chi connectivity index (χ1v) is 5.13. The van der Waals surface area contributed by atoms with E-state index in [1.165, 1.54) is 0 Å². The Labute approximate surface area is 88.3 Å². The largest absolute Gasteiger partial charge is 0.481 e. The normalized spacial score (nSPS) is 32.3. The van der Waals surface area contributed by atoms with Gasteiger partial charge in [-0.2, -0.15) is 0 Å². The fourth-order valence-electron chi connectivity index (χ4n) is 2.74. The van der Waals surface area contributed by atoms with E-state index in [9.17, 15) is 9.59 Å². The highest BCUT2D eigenvalue weighted by Gasteiger charge is 2.50. The van der Waals surface area contributed by atoms with E-state index < -0.39 is 5.97 Å². The van der Waals surface area contributed by atoms with E-state index in [4.69, 9.17) is 5.11 Å². The van der Waals surface area contributed by atoms with Crippen molar-refractivity contribution in [3.63, 3.8) is 0 Å². The molecule has 2 rings (SSSR count). The lowest BCUT2D eigenvalue weighted by molar-refractivity contribution is -0.142. The molecule has 15 heavy (non-hydrogen) atoms. The first kappa shape index (κ1) is 10.0. The van der Waals surface area contributed by atoms with E-state index in [1.807, 2.05) is 0 Å². The Bertz CT molecular complexity index is 366. The molecule has 2 aliphatic rings. The second-order valence-electron chi connectivity index (χ2n) is 4.07. The van der Waals surface area contributed by atoms with Crippen LogP contribution in [0.4, 0.5) is 0 Å². The van der Waals surface area contributed by atoms with Crippen molar-refractivity contribution < 1.29 is 14.7 Å². The third kappa shape index (κ3) is 1.48. The van der Waals surface area contributed by atoms with Crippen LogP contribution in [0.25, 0.3) is 0 Å². The van der Waals surface area contributed by atoms with Gasteiger partial charge in [0.2, 0.25) is 0 Å². The first-order valence-electron chi connectivity index (χ1n) is 5.13. The predicted molar refractivity (Wildman–Crippen MR) is 52.8 cm³/mol. The second kappa shape index (κ2) is 3.58. The van der Waals surface area contributed by atoms with Crippen molar-refractivity contribution in [2.45, 2.75) is 38.3 Å². The van der Waals surface area contributed by atoms with Crippen LogP contribution in [0.5, 0.6) is 0 Å². The molecule has 2 bridgehead atoms. The Morgan fingerprint density at radius 2 is 2.13 bits per heavy atom. The lowest BCUT2D eigenvalue weighted by Gasteiger charge is -2.20. The summed E-state index contributed by atoms with van der Waals surface area (Å²) in [6.07, 6.45) is 2.32. The molecule has 2 fully saturated rings. The number of carboxylic acid groups (broad SMARTS) is 1. The topological polar surface area (TPSA) is 57.6 Å². The zero-order valence-electron chi connectivity index (χ0n) is 8.56. The van der Waals surface area contributed by atoms with E-state index >= 15 is 0 Å². The van der Waals surface area contributed by atoms with Gasteiger partial charge in [0, 0.05) is 12.1 Å². The summed E-state index contributed by atoms with van der Waals surface area (Å²) in [6.45, 7) is 1.62. The Morgan fingerprint density at radius 1 is 1.40 bits per heavy atom. The zero-order valence-corrected chi connectivity index (χ0v) is 8.56. The van der Waals surface area contributed by atoms with Crippen molar-refractivity contribution in [1.82, 2.24) is 4.90 Å². The van der Waals surface area contributed by atoms with Crippen LogP contribution in [0.3, 0.4) is 0 Å². The minimum Gasteiger partial charge on any atom is -0.481 e. The third-order valence-electron chi connectivity index (χ3n) is 3.32. The minimum absolute atomic E-state index is 0.101. The molecule has 3 atom stereocenters. The van der Waals surface area contributed by atoms with Gasteiger partial charge in [-0.1, -0.05) is 5.92 Å². The number of carbonyl (C=O) groups excluding carboxylic acids is 1. The summed E-state index contributed by atoms with van der Waals surface area (Å²) in [5.41, 5.74) is 0. The summed E-state index contributed by atoms with van der Waals surface area (Å²) < 4.78 is 0. The van der Waals surface area contributed by atoms with Gasteiger partial charge in [-0.3, -0.25) is 9.59 Å². The van der Waals surface area contributed by atoms with Gasteiger partial charge in [-0.05, 0) is 32.1 Å². The molecule has 0 spiro atoms. The van der Waals surface area contributed by atoms with Crippen molar-refractivity contribution in [2.75, 3.05) is 0 Å². The van der Waals surface area contributed by atoms with Crippen LogP contribution in [0.15, 0.2) is 0 Å². The molecule has 4 heteroatoms. The van der Waals surface area contributed by atoms with E-state index in [0.717, 1.165) is 12.8 Å². The predicted octanol–water partition coefficient (Wildman–Crippen LogP) is 0.474. The molecule has 80 valence electrons. The average Bonchev–Trinajstić information content (AvgIpc) is 2.74. The van der Waals surface area contributed by atoms with Gasteiger partial charge in [-0.15, -0.1) is 0 Å². The summed E-state index contributed by atoms with van der Waals surface area (Å²) >= 11 is 0. The number of carboxylic acids is 1. The van der Waals surface area contributed by atoms with Crippen LogP contribution in [0.1, 0.15) is 26.2 Å². The molecule has 2 heterocycles. The van der Waals surface area contributed by atoms with Gasteiger partial charge in [-0.25, -0.2) is 0 Å². The molecule has 2 saturated heterocycles. The summed E-state index contributed by atoms with van der Waals surface area (Å²) in [7, 11) is 0. The van der Waals surface area contributed by atoms with Crippen LogP contribution in [-0.2, 0) is 9.59 Å². The maximum Gasteiger partial charge on any atom is 0.308 e. The van der Waals surface area contributed by atoms with Crippen LogP contribution < -0.4 is 0 Å². The van der Waals surface area contributed by atoms with Crippen LogP contribution >= 0.6 is 0 Å². The third-order valence-corrected chi connectivity index (χ3v) is 3.32. The van der Waals surface area contributed by atoms with E-state index in [1.54, 1.807) is 11.8 Å². The Hall–Kier alpha value is -1.50. The second-order valence-corrected chi connectivity index (χ2v) is 4.07. The van der Waals surface area contributed by atoms with Crippen molar-refractivity contribution in [3.8, 4) is 11.8 Å². The van der Waals surface area contributed by atoms with Crippen molar-refractivity contribution >= 4 is 11.9 Å². The quantitative estimate of drug-likeness (QED) is 0.636. The average molecular weight is 207 g/mol. The Balaban J connectivity index is 2.18. The molecule has 0 saturated carbocycles. The fraction of sp³-hybridized carbons (Fsp3) is 0.636. The maximum atomic E-state index is 11.6. The Kier molecular flexibility index (Phi) is 2.39. The lowest BCUT2D eigenvalue weighted by atomic mass is 9.89. The van der Waals surface area contributed by atoms with Crippen molar-refractivity contribution in [1.29, 1.82) is 0 Å². The van der Waals surface area contributed by atoms with Crippen molar-refractivity contribution in [3.05, 3.63) is 0 Å². The number of aliphatic carboxylic acids is 1. The molecule has 4 nitrogen and oxygen atoms in total. The summed E-state index contributed by atoms with van der Waals surface area (Å²) in [6, 6.07) is -0.0229. The van der Waals surface area contributed by atoms with Crippen LogP contribution in [0, 0.1) is 17.8 Å². The fourth-order valence-corrected chi connectivity index (χ4v) is 2.74. The lowest BCUT2D eigenvalue weighted by Crippen LogP contribution is -2.37. The van der Waals surface area contributed by atoms with Crippen LogP contribution in [-0.4, -0.2) is 34.0 Å². The minimum atomic E-state index is -0.788. The van der Waals surface area contributed by atoms with E-state index in [-0.39, 0.29) is 23.9 Å². The smallest absolute Gasteiger partial charge is 0.308 e. The van der Waals surface area contributed by atoms with Crippen molar-refractivity contribution in [2.24, 2.45) is 5.92 Å². The molecule has 2 aliphatic heterocycles. The number of hydrogen-bond acceptors (Lipinski definition) is 2. The number of fused-ring (bicyclic) bond motifs is 2. The molecule has 0 aliphatic carbocycles. The van der Waals surface area contributed by atoms with Gasteiger partial charge in [0.1, 0.15) is 0 Å². The monoisotopic (exact) mass is 207 g/mol. The standard InChI is InChI=1S/C11H13NO3/c1-2-3-10(13)12-7-4-5-9(12)8(6-7)11(14)15/h7-9H,4-6H2,1H3,(H,14,15). The molecule has 0 aromatic rings. The number of carbonyl (C=O) groups is 2. The molecule has 3 unspecified atom stereocenters. The van der Waals surface area contributed by atoms with Gasteiger partial charge in [0.05, 0.1) is 5.92 Å². The molecule has 0 aromatic heterocycles. The zero-order chi connectivity index (χ0) is 11.0. The molecular weight excluding hydrogens is 194 g/mol. The summed E-state index contributed by atoms with van der Waals surface area (Å²) in [4.78, 5) is 24.3. The molecule has 0 aromatic carbocycles. The van der Waals surface area contributed by atoms with Crippen LogP contribution in [0.2, 0.25) is 0 Å².